The van der Waals surface area contributed by atoms with Gasteiger partial charge in [0.15, 0.2) is 5.69 Å². The average Bonchev–Trinajstić information content (AvgIpc) is 3.02. The number of hydrogen-bond acceptors (Lipinski definition) is 5. The normalized spacial score (nSPS) is 10.5. The van der Waals surface area contributed by atoms with Crippen LogP contribution in [0.4, 0.5) is 0 Å². The first kappa shape index (κ1) is 17.0. The maximum atomic E-state index is 12.3. The molecule has 0 fully saturated rings. The molecule has 0 radical (unpaired) electrons. The molecule has 6 nitrogen and oxygen atoms in total. The molecule has 0 amide bonds. The van der Waals surface area contributed by atoms with Gasteiger partial charge in [-0.2, -0.15) is 0 Å². The van der Waals surface area contributed by atoms with Crippen LogP contribution in [-0.2, 0) is 11.3 Å². The van der Waals surface area contributed by atoms with Gasteiger partial charge in [-0.25, -0.2) is 9.48 Å². The number of methoxy groups -OCH3 is 1. The number of aromatic nitrogens is 3. The third-order valence-corrected chi connectivity index (χ3v) is 3.94. The standard InChI is InChI=1S/C18H16ClN3O3/c1-12-17(18(23)25-11-13-3-5-14(19)6-4-13)20-21-22(12)15-7-9-16(24-2)10-8-15/h3-10H,11H2,1-2H3. The van der Waals surface area contributed by atoms with Gasteiger partial charge in [0, 0.05) is 5.02 Å². The molecule has 0 aliphatic rings. The fourth-order valence-corrected chi connectivity index (χ4v) is 2.41. The summed E-state index contributed by atoms with van der Waals surface area (Å²) in [5.41, 5.74) is 2.41. The Bertz CT molecular complexity index is 874. The van der Waals surface area contributed by atoms with E-state index in [1.807, 2.05) is 24.3 Å². The molecule has 0 aliphatic carbocycles. The average molecular weight is 358 g/mol. The van der Waals surface area contributed by atoms with Crippen LogP contribution in [0.15, 0.2) is 48.5 Å². The van der Waals surface area contributed by atoms with Crippen LogP contribution in [0.1, 0.15) is 21.7 Å². The summed E-state index contributed by atoms with van der Waals surface area (Å²) in [6.45, 7) is 1.91. The molecule has 25 heavy (non-hydrogen) atoms. The lowest BCUT2D eigenvalue weighted by Gasteiger charge is -2.06. The van der Waals surface area contributed by atoms with Crippen molar-refractivity contribution in [3.05, 3.63) is 70.5 Å². The molecule has 0 saturated carbocycles. The second kappa shape index (κ2) is 7.36. The Balaban J connectivity index is 1.73. The maximum absolute atomic E-state index is 12.3. The van der Waals surface area contributed by atoms with Gasteiger partial charge >= 0.3 is 5.97 Å². The maximum Gasteiger partial charge on any atom is 0.361 e. The van der Waals surface area contributed by atoms with E-state index in [-0.39, 0.29) is 12.3 Å². The minimum atomic E-state index is -0.521. The van der Waals surface area contributed by atoms with Gasteiger partial charge in [0.05, 0.1) is 18.5 Å². The molecular formula is C18H16ClN3O3. The molecule has 3 aromatic rings. The Kier molecular flexibility index (Phi) is 5.00. The second-order valence-corrected chi connectivity index (χ2v) is 5.77. The summed E-state index contributed by atoms with van der Waals surface area (Å²) < 4.78 is 12.0. The van der Waals surface area contributed by atoms with Crippen LogP contribution >= 0.6 is 11.6 Å². The first-order valence-corrected chi connectivity index (χ1v) is 7.94. The zero-order chi connectivity index (χ0) is 17.8. The lowest BCUT2D eigenvalue weighted by atomic mass is 10.2. The highest BCUT2D eigenvalue weighted by molar-refractivity contribution is 6.30. The molecule has 0 aliphatic heterocycles. The molecular weight excluding hydrogens is 342 g/mol. The third kappa shape index (κ3) is 3.80. The zero-order valence-corrected chi connectivity index (χ0v) is 14.5. The molecule has 0 saturated heterocycles. The van der Waals surface area contributed by atoms with Gasteiger partial charge < -0.3 is 9.47 Å². The molecule has 0 spiro atoms. The lowest BCUT2D eigenvalue weighted by molar-refractivity contribution is 0.0464. The van der Waals surface area contributed by atoms with E-state index in [0.29, 0.717) is 10.7 Å². The summed E-state index contributed by atoms with van der Waals surface area (Å²) >= 11 is 5.83. The number of carbonyl (C=O) groups is 1. The number of rotatable bonds is 5. The van der Waals surface area contributed by atoms with Crippen LogP contribution in [0.5, 0.6) is 5.75 Å². The van der Waals surface area contributed by atoms with E-state index in [1.54, 1.807) is 43.0 Å². The molecule has 0 unspecified atom stereocenters. The smallest absolute Gasteiger partial charge is 0.361 e. The number of ether oxygens (including phenoxy) is 2. The van der Waals surface area contributed by atoms with Crippen molar-refractivity contribution in [1.82, 2.24) is 15.0 Å². The van der Waals surface area contributed by atoms with Gasteiger partial charge in [0.25, 0.3) is 0 Å². The number of nitrogens with zero attached hydrogens (tertiary/aromatic N) is 3. The number of carbonyl (C=O) groups excluding carboxylic acids is 1. The van der Waals surface area contributed by atoms with Crippen LogP contribution in [0.25, 0.3) is 5.69 Å². The van der Waals surface area contributed by atoms with E-state index in [0.717, 1.165) is 17.0 Å². The Morgan fingerprint density at radius 2 is 1.80 bits per heavy atom. The molecule has 1 heterocycles. The molecule has 0 atom stereocenters. The Hall–Kier alpha value is -2.86. The fraction of sp³-hybridized carbons (Fsp3) is 0.167. The summed E-state index contributed by atoms with van der Waals surface area (Å²) in [5.74, 6) is 0.219. The largest absolute Gasteiger partial charge is 0.497 e. The monoisotopic (exact) mass is 357 g/mol. The number of esters is 1. The summed E-state index contributed by atoms with van der Waals surface area (Å²) in [6.07, 6.45) is 0. The van der Waals surface area contributed by atoms with Gasteiger partial charge in [-0.3, -0.25) is 0 Å². The summed E-state index contributed by atoms with van der Waals surface area (Å²) in [5, 5.41) is 8.62. The van der Waals surface area contributed by atoms with E-state index >= 15 is 0 Å². The highest BCUT2D eigenvalue weighted by atomic mass is 35.5. The van der Waals surface area contributed by atoms with E-state index < -0.39 is 5.97 Å². The predicted molar refractivity (Wildman–Crippen MR) is 93.2 cm³/mol. The number of hydrogen-bond donors (Lipinski definition) is 0. The van der Waals surface area contributed by atoms with Gasteiger partial charge in [-0.05, 0) is 48.9 Å². The van der Waals surface area contributed by atoms with Crippen molar-refractivity contribution >= 4 is 17.6 Å². The Morgan fingerprint density at radius 3 is 2.44 bits per heavy atom. The van der Waals surface area contributed by atoms with Gasteiger partial charge in [0.1, 0.15) is 12.4 Å². The highest BCUT2D eigenvalue weighted by Crippen LogP contribution is 2.17. The summed E-state index contributed by atoms with van der Waals surface area (Å²) in [7, 11) is 1.60. The number of halogens is 1. The Morgan fingerprint density at radius 1 is 1.12 bits per heavy atom. The Labute approximate surface area is 149 Å². The molecule has 128 valence electrons. The van der Waals surface area contributed by atoms with Crippen LogP contribution in [-0.4, -0.2) is 28.1 Å². The minimum Gasteiger partial charge on any atom is -0.497 e. The second-order valence-electron chi connectivity index (χ2n) is 5.34. The van der Waals surface area contributed by atoms with Gasteiger partial charge in [-0.1, -0.05) is 28.9 Å². The molecule has 0 N–H and O–H groups in total. The molecule has 7 heteroatoms. The van der Waals surface area contributed by atoms with Crippen LogP contribution < -0.4 is 4.74 Å². The van der Waals surface area contributed by atoms with Crippen molar-refractivity contribution < 1.29 is 14.3 Å². The predicted octanol–water partition coefficient (Wildman–Crippen LogP) is 3.59. The fourth-order valence-electron chi connectivity index (χ4n) is 2.28. The first-order valence-electron chi connectivity index (χ1n) is 7.57. The van der Waals surface area contributed by atoms with E-state index in [2.05, 4.69) is 10.3 Å². The van der Waals surface area contributed by atoms with Crippen molar-refractivity contribution in [2.75, 3.05) is 7.11 Å². The van der Waals surface area contributed by atoms with Crippen molar-refractivity contribution in [2.45, 2.75) is 13.5 Å². The van der Waals surface area contributed by atoms with Crippen molar-refractivity contribution in [1.29, 1.82) is 0 Å². The zero-order valence-electron chi connectivity index (χ0n) is 13.8. The molecule has 2 aromatic carbocycles. The molecule has 3 rings (SSSR count). The third-order valence-electron chi connectivity index (χ3n) is 3.69. The highest BCUT2D eigenvalue weighted by Gasteiger charge is 2.18. The summed E-state index contributed by atoms with van der Waals surface area (Å²) in [4.78, 5) is 12.3. The SMILES string of the molecule is COc1ccc(-n2nnc(C(=O)OCc3ccc(Cl)cc3)c2C)cc1. The van der Waals surface area contributed by atoms with Crippen molar-refractivity contribution in [3.63, 3.8) is 0 Å². The molecule has 0 bridgehead atoms. The quantitative estimate of drug-likeness (QED) is 0.653. The van der Waals surface area contributed by atoms with Crippen LogP contribution in [0, 0.1) is 6.92 Å². The summed E-state index contributed by atoms with van der Waals surface area (Å²) in [6, 6.07) is 14.4. The van der Waals surface area contributed by atoms with Crippen molar-refractivity contribution in [2.24, 2.45) is 0 Å². The lowest BCUT2D eigenvalue weighted by Crippen LogP contribution is -2.08. The van der Waals surface area contributed by atoms with E-state index in [9.17, 15) is 4.79 Å². The van der Waals surface area contributed by atoms with Gasteiger partial charge in [-0.15, -0.1) is 5.10 Å². The van der Waals surface area contributed by atoms with Crippen molar-refractivity contribution in [3.8, 4) is 11.4 Å². The molecule has 1 aromatic heterocycles. The van der Waals surface area contributed by atoms with E-state index in [4.69, 9.17) is 21.1 Å². The van der Waals surface area contributed by atoms with Crippen LogP contribution in [0.3, 0.4) is 0 Å². The van der Waals surface area contributed by atoms with E-state index in [1.165, 1.54) is 0 Å². The number of benzene rings is 2. The van der Waals surface area contributed by atoms with Crippen LogP contribution in [0.2, 0.25) is 5.02 Å². The first-order chi connectivity index (χ1) is 12.1. The van der Waals surface area contributed by atoms with Gasteiger partial charge in [0.2, 0.25) is 0 Å². The topological polar surface area (TPSA) is 66.2 Å². The minimum absolute atomic E-state index is 0.144.